The topological polar surface area (TPSA) is 83.8 Å². The third-order valence-electron chi connectivity index (χ3n) is 4.27. The lowest BCUT2D eigenvalue weighted by Gasteiger charge is -2.35. The Bertz CT molecular complexity index is 849. The maximum atomic E-state index is 12.6. The molecule has 2 aromatic rings. The first-order chi connectivity index (χ1) is 12.5. The summed E-state index contributed by atoms with van der Waals surface area (Å²) >= 11 is 6.03. The number of rotatable bonds is 3. The fraction of sp³-hybridized carbons (Fsp3) is 0.222. The molecule has 3 rings (SSSR count). The van der Waals surface area contributed by atoms with Gasteiger partial charge in [0.25, 0.3) is 17.5 Å². The van der Waals surface area contributed by atoms with Crippen LogP contribution < -0.4 is 0 Å². The third-order valence-corrected chi connectivity index (χ3v) is 4.58. The predicted molar refractivity (Wildman–Crippen MR) is 96.4 cm³/mol. The number of hydrogen-bond donors (Lipinski definition) is 0. The van der Waals surface area contributed by atoms with Crippen LogP contribution in [0.1, 0.15) is 20.7 Å². The van der Waals surface area contributed by atoms with E-state index in [1.54, 1.807) is 21.9 Å². The average Bonchev–Trinajstić information content (AvgIpc) is 2.67. The summed E-state index contributed by atoms with van der Waals surface area (Å²) in [7, 11) is 0. The number of benzene rings is 2. The van der Waals surface area contributed by atoms with E-state index in [0.717, 1.165) is 0 Å². The van der Waals surface area contributed by atoms with E-state index in [4.69, 9.17) is 11.6 Å². The zero-order valence-electron chi connectivity index (χ0n) is 13.8. The second-order valence-corrected chi connectivity index (χ2v) is 6.28. The molecule has 0 atom stereocenters. The van der Waals surface area contributed by atoms with Gasteiger partial charge in [-0.05, 0) is 18.2 Å². The molecule has 7 nitrogen and oxygen atoms in total. The molecule has 26 heavy (non-hydrogen) atoms. The van der Waals surface area contributed by atoms with Crippen LogP contribution in [0.4, 0.5) is 5.69 Å². The van der Waals surface area contributed by atoms with Gasteiger partial charge in [0.15, 0.2) is 0 Å². The van der Waals surface area contributed by atoms with E-state index in [1.807, 2.05) is 18.2 Å². The molecule has 0 saturated carbocycles. The highest BCUT2D eigenvalue weighted by Gasteiger charge is 2.27. The Kier molecular flexibility index (Phi) is 5.18. The summed E-state index contributed by atoms with van der Waals surface area (Å²) in [5.74, 6) is -0.359. The molecular weight excluding hydrogens is 358 g/mol. The number of non-ortho nitro benzene ring substituents is 1. The van der Waals surface area contributed by atoms with Crippen LogP contribution in [0, 0.1) is 10.1 Å². The first-order valence-corrected chi connectivity index (χ1v) is 8.42. The normalized spacial score (nSPS) is 14.2. The van der Waals surface area contributed by atoms with E-state index in [0.29, 0.717) is 31.7 Å². The Morgan fingerprint density at radius 2 is 1.50 bits per heavy atom. The summed E-state index contributed by atoms with van der Waals surface area (Å²) < 4.78 is 0. The lowest BCUT2D eigenvalue weighted by Crippen LogP contribution is -2.50. The molecule has 2 aromatic carbocycles. The SMILES string of the molecule is O=C(c1ccccc1)N1CCN(C(=O)c2ccc([N+](=O)[O-])cc2Cl)CC1. The second kappa shape index (κ2) is 7.53. The van der Waals surface area contributed by atoms with Crippen LogP contribution in [-0.4, -0.2) is 52.7 Å². The first-order valence-electron chi connectivity index (χ1n) is 8.05. The Morgan fingerprint density at radius 1 is 0.923 bits per heavy atom. The van der Waals surface area contributed by atoms with Gasteiger partial charge in [0.05, 0.1) is 15.5 Å². The molecule has 0 spiro atoms. The highest BCUT2D eigenvalue weighted by molar-refractivity contribution is 6.34. The van der Waals surface area contributed by atoms with Gasteiger partial charge >= 0.3 is 0 Å². The molecule has 1 fully saturated rings. The quantitative estimate of drug-likeness (QED) is 0.611. The van der Waals surface area contributed by atoms with Crippen molar-refractivity contribution in [3.8, 4) is 0 Å². The molecule has 2 amide bonds. The van der Waals surface area contributed by atoms with E-state index < -0.39 is 4.92 Å². The lowest BCUT2D eigenvalue weighted by molar-refractivity contribution is -0.384. The van der Waals surface area contributed by atoms with Crippen LogP contribution in [0.25, 0.3) is 0 Å². The van der Waals surface area contributed by atoms with Gasteiger partial charge in [-0.1, -0.05) is 29.8 Å². The monoisotopic (exact) mass is 373 g/mol. The second-order valence-electron chi connectivity index (χ2n) is 5.87. The van der Waals surface area contributed by atoms with Crippen LogP contribution in [0.2, 0.25) is 5.02 Å². The van der Waals surface area contributed by atoms with Gasteiger partial charge in [0.1, 0.15) is 0 Å². The Balaban J connectivity index is 1.65. The van der Waals surface area contributed by atoms with Gasteiger partial charge in [-0.25, -0.2) is 0 Å². The molecule has 0 aliphatic carbocycles. The largest absolute Gasteiger partial charge is 0.335 e. The average molecular weight is 374 g/mol. The van der Waals surface area contributed by atoms with Gasteiger partial charge in [-0.15, -0.1) is 0 Å². The highest BCUT2D eigenvalue weighted by Crippen LogP contribution is 2.24. The molecule has 0 aromatic heterocycles. The van der Waals surface area contributed by atoms with Crippen molar-refractivity contribution >= 4 is 29.1 Å². The first kappa shape index (κ1) is 17.9. The van der Waals surface area contributed by atoms with Crippen LogP contribution in [-0.2, 0) is 0 Å². The molecule has 0 bridgehead atoms. The van der Waals surface area contributed by atoms with E-state index in [2.05, 4.69) is 0 Å². The Morgan fingerprint density at radius 3 is 2.04 bits per heavy atom. The van der Waals surface area contributed by atoms with Crippen molar-refractivity contribution in [1.29, 1.82) is 0 Å². The minimum absolute atomic E-state index is 0.0481. The Labute approximate surface area is 154 Å². The predicted octanol–water partition coefficient (Wildman–Crippen LogP) is 2.85. The van der Waals surface area contributed by atoms with Crippen molar-refractivity contribution in [2.24, 2.45) is 0 Å². The maximum absolute atomic E-state index is 12.6. The van der Waals surface area contributed by atoms with Gasteiger partial charge in [0, 0.05) is 43.9 Å². The summed E-state index contributed by atoms with van der Waals surface area (Å²) in [4.78, 5) is 38.6. The number of nitro benzene ring substituents is 1. The zero-order valence-corrected chi connectivity index (χ0v) is 14.6. The van der Waals surface area contributed by atoms with Crippen molar-refractivity contribution in [1.82, 2.24) is 9.80 Å². The fourth-order valence-electron chi connectivity index (χ4n) is 2.84. The summed E-state index contributed by atoms with van der Waals surface area (Å²) in [5, 5.41) is 10.8. The summed E-state index contributed by atoms with van der Waals surface area (Å²) in [6, 6.07) is 12.8. The van der Waals surface area contributed by atoms with Crippen molar-refractivity contribution in [3.05, 3.63) is 74.8 Å². The number of nitrogens with zero attached hydrogens (tertiary/aromatic N) is 3. The minimum atomic E-state index is -0.561. The molecule has 1 aliphatic rings. The van der Waals surface area contributed by atoms with E-state index in [9.17, 15) is 19.7 Å². The molecule has 0 unspecified atom stereocenters. The minimum Gasteiger partial charge on any atom is -0.335 e. The number of piperazine rings is 1. The molecular formula is C18H16ClN3O4. The molecule has 134 valence electrons. The number of nitro groups is 1. The van der Waals surface area contributed by atoms with Crippen LogP contribution in [0.5, 0.6) is 0 Å². The maximum Gasteiger partial charge on any atom is 0.270 e. The highest BCUT2D eigenvalue weighted by atomic mass is 35.5. The summed E-state index contributed by atoms with van der Waals surface area (Å²) in [5.41, 5.74) is 0.676. The van der Waals surface area contributed by atoms with Gasteiger partial charge in [0.2, 0.25) is 0 Å². The number of carbonyl (C=O) groups excluding carboxylic acids is 2. The third kappa shape index (κ3) is 3.67. The van der Waals surface area contributed by atoms with Crippen molar-refractivity contribution < 1.29 is 14.5 Å². The molecule has 0 radical (unpaired) electrons. The van der Waals surface area contributed by atoms with Crippen molar-refractivity contribution in [2.75, 3.05) is 26.2 Å². The molecule has 1 aliphatic heterocycles. The van der Waals surface area contributed by atoms with Gasteiger partial charge in [-0.2, -0.15) is 0 Å². The zero-order chi connectivity index (χ0) is 18.7. The lowest BCUT2D eigenvalue weighted by atomic mass is 10.1. The van der Waals surface area contributed by atoms with Gasteiger partial charge < -0.3 is 9.80 Å². The Hall–Kier alpha value is -2.93. The number of carbonyl (C=O) groups is 2. The number of halogens is 1. The van der Waals surface area contributed by atoms with E-state index >= 15 is 0 Å². The standard InChI is InChI=1S/C18H16ClN3O4/c19-16-12-14(22(25)26)6-7-15(16)18(24)21-10-8-20(9-11-21)17(23)13-4-2-1-3-5-13/h1-7,12H,8-11H2. The van der Waals surface area contributed by atoms with Crippen molar-refractivity contribution in [3.63, 3.8) is 0 Å². The van der Waals surface area contributed by atoms with E-state index in [-0.39, 0.29) is 28.1 Å². The molecule has 8 heteroatoms. The van der Waals surface area contributed by atoms with Crippen LogP contribution in [0.3, 0.4) is 0 Å². The smallest absolute Gasteiger partial charge is 0.270 e. The van der Waals surface area contributed by atoms with Crippen molar-refractivity contribution in [2.45, 2.75) is 0 Å². The fourth-order valence-corrected chi connectivity index (χ4v) is 3.09. The summed E-state index contributed by atoms with van der Waals surface area (Å²) in [6.07, 6.45) is 0. The summed E-state index contributed by atoms with van der Waals surface area (Å²) in [6.45, 7) is 1.60. The van der Waals surface area contributed by atoms with Gasteiger partial charge in [-0.3, -0.25) is 19.7 Å². The number of hydrogen-bond acceptors (Lipinski definition) is 4. The number of amides is 2. The van der Waals surface area contributed by atoms with Crippen LogP contribution >= 0.6 is 11.6 Å². The molecule has 0 N–H and O–H groups in total. The van der Waals surface area contributed by atoms with E-state index in [1.165, 1.54) is 18.2 Å². The molecule has 1 saturated heterocycles. The van der Waals surface area contributed by atoms with Crippen LogP contribution in [0.15, 0.2) is 48.5 Å². The molecule has 1 heterocycles.